The van der Waals surface area contributed by atoms with Crippen molar-refractivity contribution in [3.05, 3.63) is 30.2 Å². The van der Waals surface area contributed by atoms with Crippen molar-refractivity contribution in [3.63, 3.8) is 0 Å². The van der Waals surface area contributed by atoms with E-state index in [4.69, 9.17) is 20.9 Å². The van der Waals surface area contributed by atoms with Gasteiger partial charge in [-0.15, -0.1) is 11.6 Å². The summed E-state index contributed by atoms with van der Waals surface area (Å²) in [5.74, 6) is 2.34. The maximum Gasteiger partial charge on any atom is 0.241 e. The molecule has 0 aliphatic carbocycles. The van der Waals surface area contributed by atoms with Crippen molar-refractivity contribution in [2.24, 2.45) is 5.92 Å². The van der Waals surface area contributed by atoms with Crippen LogP contribution in [-0.4, -0.2) is 16.7 Å². The van der Waals surface area contributed by atoms with Gasteiger partial charge in [0.05, 0.1) is 12.2 Å². The second-order valence-corrected chi connectivity index (χ2v) is 4.61. The van der Waals surface area contributed by atoms with E-state index in [1.54, 1.807) is 0 Å². The highest BCUT2D eigenvalue weighted by Crippen LogP contribution is 2.28. The second-order valence-electron chi connectivity index (χ2n) is 4.35. The minimum atomic E-state index is 0.210. The summed E-state index contributed by atoms with van der Waals surface area (Å²) < 4.78 is 10.7. The van der Waals surface area contributed by atoms with Gasteiger partial charge in [-0.2, -0.15) is 4.98 Å². The average molecular weight is 267 g/mol. The summed E-state index contributed by atoms with van der Waals surface area (Å²) in [4.78, 5) is 4.20. The number of alkyl halides is 1. The quantitative estimate of drug-likeness (QED) is 0.777. The molecule has 4 nitrogen and oxygen atoms in total. The number of rotatable bonds is 5. The number of aromatic nitrogens is 2. The molecule has 1 aromatic heterocycles. The van der Waals surface area contributed by atoms with Gasteiger partial charge in [-0.25, -0.2) is 0 Å². The Morgan fingerprint density at radius 3 is 2.78 bits per heavy atom. The third kappa shape index (κ3) is 3.01. The lowest BCUT2D eigenvalue weighted by Gasteiger charge is -2.10. The predicted octanol–water partition coefficient (Wildman–Crippen LogP) is 3.51. The fraction of sp³-hybridized carbons (Fsp3) is 0.385. The van der Waals surface area contributed by atoms with E-state index in [2.05, 4.69) is 24.0 Å². The third-order valence-corrected chi connectivity index (χ3v) is 2.51. The highest BCUT2D eigenvalue weighted by Gasteiger charge is 2.12. The van der Waals surface area contributed by atoms with Crippen LogP contribution in [0.25, 0.3) is 11.4 Å². The molecule has 96 valence electrons. The van der Waals surface area contributed by atoms with Crippen LogP contribution in [0, 0.1) is 5.92 Å². The number of nitrogens with zero attached hydrogens (tertiary/aromatic N) is 2. The predicted molar refractivity (Wildman–Crippen MR) is 69.6 cm³/mol. The number of para-hydroxylation sites is 1. The Kier molecular flexibility index (Phi) is 4.20. The van der Waals surface area contributed by atoms with Crippen molar-refractivity contribution < 1.29 is 9.26 Å². The van der Waals surface area contributed by atoms with E-state index in [1.165, 1.54) is 0 Å². The average Bonchev–Trinajstić information content (AvgIpc) is 2.85. The number of ether oxygens (including phenoxy) is 1. The first-order valence-corrected chi connectivity index (χ1v) is 6.35. The van der Waals surface area contributed by atoms with Crippen LogP contribution >= 0.6 is 11.6 Å². The van der Waals surface area contributed by atoms with Gasteiger partial charge in [0.25, 0.3) is 0 Å². The highest BCUT2D eigenvalue weighted by molar-refractivity contribution is 6.16. The van der Waals surface area contributed by atoms with Crippen LogP contribution < -0.4 is 4.74 Å². The zero-order chi connectivity index (χ0) is 13.0. The van der Waals surface area contributed by atoms with E-state index in [-0.39, 0.29) is 5.88 Å². The summed E-state index contributed by atoms with van der Waals surface area (Å²) in [7, 11) is 0. The normalized spacial score (nSPS) is 10.9. The molecule has 0 aliphatic rings. The van der Waals surface area contributed by atoms with Crippen molar-refractivity contribution in [1.82, 2.24) is 10.1 Å². The molecule has 2 rings (SSSR count). The Morgan fingerprint density at radius 2 is 2.11 bits per heavy atom. The molecule has 0 bridgehead atoms. The summed E-state index contributed by atoms with van der Waals surface area (Å²) in [5, 5.41) is 3.89. The van der Waals surface area contributed by atoms with Gasteiger partial charge < -0.3 is 9.26 Å². The van der Waals surface area contributed by atoms with E-state index >= 15 is 0 Å². The van der Waals surface area contributed by atoms with Gasteiger partial charge in [0.2, 0.25) is 11.7 Å². The highest BCUT2D eigenvalue weighted by atomic mass is 35.5. The van der Waals surface area contributed by atoms with Crippen molar-refractivity contribution >= 4 is 11.6 Å². The molecule has 0 atom stereocenters. The van der Waals surface area contributed by atoms with E-state index in [0.29, 0.717) is 24.2 Å². The molecule has 1 aromatic carbocycles. The monoisotopic (exact) mass is 266 g/mol. The van der Waals surface area contributed by atoms with E-state index in [9.17, 15) is 0 Å². The molecule has 1 heterocycles. The van der Waals surface area contributed by atoms with Gasteiger partial charge in [-0.05, 0) is 18.1 Å². The van der Waals surface area contributed by atoms with Crippen molar-refractivity contribution in [2.75, 3.05) is 6.61 Å². The van der Waals surface area contributed by atoms with Crippen molar-refractivity contribution in [1.29, 1.82) is 0 Å². The van der Waals surface area contributed by atoms with E-state index in [1.807, 2.05) is 24.3 Å². The molecular formula is C13H15ClN2O2. The van der Waals surface area contributed by atoms with Crippen LogP contribution in [0.4, 0.5) is 0 Å². The summed E-state index contributed by atoms with van der Waals surface area (Å²) in [5.41, 5.74) is 0.818. The fourth-order valence-electron chi connectivity index (χ4n) is 1.45. The maximum atomic E-state index is 5.74. The number of hydrogen-bond donors (Lipinski definition) is 0. The molecule has 0 fully saturated rings. The van der Waals surface area contributed by atoms with Crippen LogP contribution in [0.15, 0.2) is 28.8 Å². The molecule has 2 aromatic rings. The number of benzene rings is 1. The topological polar surface area (TPSA) is 48.2 Å². The molecule has 0 N–H and O–H groups in total. The smallest absolute Gasteiger partial charge is 0.241 e. The van der Waals surface area contributed by atoms with Gasteiger partial charge in [0, 0.05) is 0 Å². The van der Waals surface area contributed by atoms with Gasteiger partial charge in [0.15, 0.2) is 0 Å². The molecule has 0 spiro atoms. The summed E-state index contributed by atoms with van der Waals surface area (Å²) in [6.45, 7) is 4.85. The van der Waals surface area contributed by atoms with Gasteiger partial charge in [-0.1, -0.05) is 31.1 Å². The van der Waals surface area contributed by atoms with Crippen LogP contribution in [0.3, 0.4) is 0 Å². The summed E-state index contributed by atoms with van der Waals surface area (Å²) >= 11 is 5.64. The van der Waals surface area contributed by atoms with Crippen molar-refractivity contribution in [3.8, 4) is 17.1 Å². The molecule has 0 saturated heterocycles. The van der Waals surface area contributed by atoms with Crippen LogP contribution in [0.5, 0.6) is 5.75 Å². The van der Waals surface area contributed by atoms with Crippen LogP contribution in [-0.2, 0) is 5.88 Å². The van der Waals surface area contributed by atoms with E-state index in [0.717, 1.165) is 11.3 Å². The standard InChI is InChI=1S/C13H15ClN2O2/c1-9(2)8-17-11-6-4-3-5-10(11)13-15-12(7-14)18-16-13/h3-6,9H,7-8H2,1-2H3. The first-order valence-electron chi connectivity index (χ1n) is 5.81. The molecule has 0 radical (unpaired) electrons. The van der Waals surface area contributed by atoms with Gasteiger partial charge in [-0.3, -0.25) is 0 Å². The molecule has 0 unspecified atom stereocenters. The lowest BCUT2D eigenvalue weighted by molar-refractivity contribution is 0.272. The first-order chi connectivity index (χ1) is 8.70. The molecule has 5 heteroatoms. The molecule has 18 heavy (non-hydrogen) atoms. The second kappa shape index (κ2) is 5.87. The number of halogens is 1. The van der Waals surface area contributed by atoms with Crippen LogP contribution in [0.1, 0.15) is 19.7 Å². The van der Waals surface area contributed by atoms with E-state index < -0.39 is 0 Å². The maximum absolute atomic E-state index is 5.74. The lowest BCUT2D eigenvalue weighted by atomic mass is 10.2. The molecule has 0 saturated carbocycles. The minimum absolute atomic E-state index is 0.210. The lowest BCUT2D eigenvalue weighted by Crippen LogP contribution is -2.05. The number of hydrogen-bond acceptors (Lipinski definition) is 4. The Balaban J connectivity index is 2.26. The largest absolute Gasteiger partial charge is 0.493 e. The fourth-order valence-corrected chi connectivity index (χ4v) is 1.56. The SMILES string of the molecule is CC(C)COc1ccccc1-c1noc(CCl)n1. The minimum Gasteiger partial charge on any atom is -0.493 e. The molecule has 0 amide bonds. The zero-order valence-electron chi connectivity index (χ0n) is 10.4. The summed E-state index contributed by atoms with van der Waals surface area (Å²) in [6, 6.07) is 7.63. The third-order valence-electron chi connectivity index (χ3n) is 2.28. The van der Waals surface area contributed by atoms with Gasteiger partial charge >= 0.3 is 0 Å². The Labute approximate surface area is 111 Å². The first kappa shape index (κ1) is 12.9. The summed E-state index contributed by atoms with van der Waals surface area (Å²) in [6.07, 6.45) is 0. The molecule has 0 aliphatic heterocycles. The Bertz CT molecular complexity index is 511. The van der Waals surface area contributed by atoms with Gasteiger partial charge in [0.1, 0.15) is 11.6 Å². The van der Waals surface area contributed by atoms with Crippen LogP contribution in [0.2, 0.25) is 0 Å². The van der Waals surface area contributed by atoms with Crippen molar-refractivity contribution in [2.45, 2.75) is 19.7 Å². The Hall–Kier alpha value is -1.55. The molecular weight excluding hydrogens is 252 g/mol. The zero-order valence-corrected chi connectivity index (χ0v) is 11.1. The Morgan fingerprint density at radius 1 is 1.33 bits per heavy atom.